The molecule has 1 atom stereocenters. The summed E-state index contributed by atoms with van der Waals surface area (Å²) in [4.78, 5) is 19.4. The zero-order valence-electron chi connectivity index (χ0n) is 10.0. The Morgan fingerprint density at radius 2 is 1.94 bits per heavy atom. The third-order valence-corrected chi connectivity index (χ3v) is 2.17. The van der Waals surface area contributed by atoms with Gasteiger partial charge in [-0.2, -0.15) is 0 Å². The van der Waals surface area contributed by atoms with E-state index in [1.54, 1.807) is 12.4 Å². The zero-order valence-corrected chi connectivity index (χ0v) is 10.0. The van der Waals surface area contributed by atoms with Gasteiger partial charge in [-0.3, -0.25) is 0 Å². The van der Waals surface area contributed by atoms with Crippen LogP contribution < -0.4 is 5.32 Å². The summed E-state index contributed by atoms with van der Waals surface area (Å²) in [5.41, 5.74) is 0.455. The Hall–Kier alpha value is -1.65. The molecule has 1 N–H and O–H groups in total. The molecule has 88 valence electrons. The molecule has 1 aromatic heterocycles. The van der Waals surface area contributed by atoms with Gasteiger partial charge >= 0.3 is 5.97 Å². The topological polar surface area (TPSA) is 64.1 Å². The summed E-state index contributed by atoms with van der Waals surface area (Å²) in [7, 11) is 1.38. The van der Waals surface area contributed by atoms with Gasteiger partial charge in [0.1, 0.15) is 12.4 Å². The molecule has 0 aliphatic rings. The van der Waals surface area contributed by atoms with Crippen molar-refractivity contribution in [1.82, 2.24) is 9.97 Å². The van der Waals surface area contributed by atoms with E-state index >= 15 is 0 Å². The van der Waals surface area contributed by atoms with Gasteiger partial charge in [-0.25, -0.2) is 14.8 Å². The molecule has 1 aromatic rings. The van der Waals surface area contributed by atoms with Crippen molar-refractivity contribution < 1.29 is 9.53 Å². The summed E-state index contributed by atoms with van der Waals surface area (Å²) in [6.07, 6.45) is 4.68. The molecule has 0 aliphatic carbocycles. The van der Waals surface area contributed by atoms with E-state index in [9.17, 15) is 4.79 Å². The first-order valence-corrected chi connectivity index (χ1v) is 5.04. The van der Waals surface area contributed by atoms with Crippen molar-refractivity contribution in [1.29, 1.82) is 0 Å². The smallest absolute Gasteiger partial charge is 0.328 e. The van der Waals surface area contributed by atoms with Crippen LogP contribution in [0.1, 0.15) is 20.8 Å². The predicted octanol–water partition coefficient (Wildman–Crippen LogP) is 1.48. The molecule has 0 amide bonds. The fraction of sp³-hybridized carbons (Fsp3) is 0.545. The van der Waals surface area contributed by atoms with E-state index in [0.29, 0.717) is 5.69 Å². The van der Waals surface area contributed by atoms with E-state index in [2.05, 4.69) is 15.3 Å². The second-order valence-electron chi connectivity index (χ2n) is 4.59. The van der Waals surface area contributed by atoms with Gasteiger partial charge in [0.05, 0.1) is 25.2 Å². The van der Waals surface area contributed by atoms with Crippen molar-refractivity contribution in [3.8, 4) is 0 Å². The summed E-state index contributed by atoms with van der Waals surface area (Å²) < 4.78 is 4.77. The van der Waals surface area contributed by atoms with Gasteiger partial charge in [-0.1, -0.05) is 20.8 Å². The number of hydrogen-bond acceptors (Lipinski definition) is 5. The van der Waals surface area contributed by atoms with Gasteiger partial charge in [0.2, 0.25) is 0 Å². The van der Waals surface area contributed by atoms with Gasteiger partial charge in [-0.15, -0.1) is 0 Å². The maximum Gasteiger partial charge on any atom is 0.328 e. The molecule has 0 unspecified atom stereocenters. The summed E-state index contributed by atoms with van der Waals surface area (Å²) in [5.74, 6) is -0.295. The lowest BCUT2D eigenvalue weighted by Crippen LogP contribution is -2.41. The number of carbonyl (C=O) groups excluding carboxylic acids is 1. The quantitative estimate of drug-likeness (QED) is 0.786. The lowest BCUT2D eigenvalue weighted by Gasteiger charge is -2.29. The molecule has 0 radical (unpaired) electrons. The number of anilines is 1. The second-order valence-corrected chi connectivity index (χ2v) is 4.59. The van der Waals surface area contributed by atoms with Crippen molar-refractivity contribution >= 4 is 11.7 Å². The first-order chi connectivity index (χ1) is 7.45. The Labute approximate surface area is 95.3 Å². The first-order valence-electron chi connectivity index (χ1n) is 5.04. The maximum atomic E-state index is 11.6. The molecule has 1 heterocycles. The summed E-state index contributed by atoms with van der Waals surface area (Å²) in [5, 5.41) is 3.07. The largest absolute Gasteiger partial charge is 0.467 e. The number of hydrogen-bond donors (Lipinski definition) is 1. The molecule has 0 spiro atoms. The normalized spacial score (nSPS) is 13.0. The number of carbonyl (C=O) groups is 1. The van der Waals surface area contributed by atoms with Crippen LogP contribution >= 0.6 is 0 Å². The van der Waals surface area contributed by atoms with E-state index in [1.807, 2.05) is 20.8 Å². The van der Waals surface area contributed by atoms with Gasteiger partial charge in [0.25, 0.3) is 0 Å². The number of rotatable bonds is 3. The van der Waals surface area contributed by atoms with E-state index in [1.165, 1.54) is 13.4 Å². The minimum absolute atomic E-state index is 0.247. The lowest BCUT2D eigenvalue weighted by molar-refractivity contribution is -0.143. The molecule has 0 aliphatic heterocycles. The second kappa shape index (κ2) is 4.92. The summed E-state index contributed by atoms with van der Waals surface area (Å²) >= 11 is 0. The zero-order chi connectivity index (χ0) is 12.2. The fourth-order valence-corrected chi connectivity index (χ4v) is 1.29. The Balaban J connectivity index is 2.84. The number of ether oxygens (including phenoxy) is 1. The van der Waals surface area contributed by atoms with Crippen LogP contribution in [0, 0.1) is 5.41 Å². The number of aromatic nitrogens is 2. The predicted molar refractivity (Wildman–Crippen MR) is 60.9 cm³/mol. The number of nitrogens with zero attached hydrogens (tertiary/aromatic N) is 2. The molecule has 0 saturated carbocycles. The van der Waals surface area contributed by atoms with Crippen LogP contribution in [0.4, 0.5) is 5.69 Å². The molecule has 5 nitrogen and oxygen atoms in total. The average Bonchev–Trinajstić information content (AvgIpc) is 2.25. The van der Waals surface area contributed by atoms with Crippen LogP contribution in [0.5, 0.6) is 0 Å². The summed E-state index contributed by atoms with van der Waals surface area (Å²) in [6.45, 7) is 5.89. The van der Waals surface area contributed by atoms with Crippen molar-refractivity contribution in [2.24, 2.45) is 5.41 Å². The molecule has 5 heteroatoms. The Kier molecular flexibility index (Phi) is 3.82. The highest BCUT2D eigenvalue weighted by Gasteiger charge is 2.32. The summed E-state index contributed by atoms with van der Waals surface area (Å²) in [6, 6.07) is -0.427. The van der Waals surface area contributed by atoms with Gasteiger partial charge in [0, 0.05) is 0 Å². The standard InChI is InChI=1S/C11H17N3O2/c1-11(2,3)9(10(15)16-4)14-8-5-12-7-13-6-8/h5-7,9,14H,1-4H3/t9-/m1/s1. The van der Waals surface area contributed by atoms with Crippen molar-refractivity contribution in [2.75, 3.05) is 12.4 Å². The third-order valence-electron chi connectivity index (χ3n) is 2.17. The van der Waals surface area contributed by atoms with Crippen molar-refractivity contribution in [3.63, 3.8) is 0 Å². The molecular weight excluding hydrogens is 206 g/mol. The monoisotopic (exact) mass is 223 g/mol. The molecule has 0 fully saturated rings. The highest BCUT2D eigenvalue weighted by molar-refractivity contribution is 5.80. The SMILES string of the molecule is COC(=O)[C@@H](Nc1cncnc1)C(C)(C)C. The van der Waals surface area contributed by atoms with Crippen molar-refractivity contribution in [3.05, 3.63) is 18.7 Å². The molecule has 16 heavy (non-hydrogen) atoms. The lowest BCUT2D eigenvalue weighted by atomic mass is 9.86. The van der Waals surface area contributed by atoms with Crippen molar-refractivity contribution in [2.45, 2.75) is 26.8 Å². The number of esters is 1. The fourth-order valence-electron chi connectivity index (χ4n) is 1.29. The minimum atomic E-state index is -0.427. The van der Waals surface area contributed by atoms with E-state index in [0.717, 1.165) is 0 Å². The Morgan fingerprint density at radius 3 is 2.38 bits per heavy atom. The van der Waals surface area contributed by atoms with Crippen LogP contribution in [-0.4, -0.2) is 29.1 Å². The maximum absolute atomic E-state index is 11.6. The molecule has 0 aromatic carbocycles. The van der Waals surface area contributed by atoms with Gasteiger partial charge in [0.15, 0.2) is 0 Å². The number of methoxy groups -OCH3 is 1. The first kappa shape index (κ1) is 12.4. The van der Waals surface area contributed by atoms with E-state index in [4.69, 9.17) is 4.74 Å². The molecular formula is C11H17N3O2. The Morgan fingerprint density at radius 1 is 1.38 bits per heavy atom. The van der Waals surface area contributed by atoms with Crippen LogP contribution in [0.15, 0.2) is 18.7 Å². The van der Waals surface area contributed by atoms with Crippen LogP contribution in [0.2, 0.25) is 0 Å². The van der Waals surface area contributed by atoms with E-state index in [-0.39, 0.29) is 11.4 Å². The average molecular weight is 223 g/mol. The minimum Gasteiger partial charge on any atom is -0.467 e. The third kappa shape index (κ3) is 3.18. The Bertz CT molecular complexity index is 346. The highest BCUT2D eigenvalue weighted by atomic mass is 16.5. The highest BCUT2D eigenvalue weighted by Crippen LogP contribution is 2.23. The number of nitrogens with one attached hydrogen (secondary N) is 1. The van der Waals surface area contributed by atoms with Gasteiger partial charge in [-0.05, 0) is 5.41 Å². The molecule has 0 saturated heterocycles. The van der Waals surface area contributed by atoms with E-state index < -0.39 is 6.04 Å². The van der Waals surface area contributed by atoms with Crippen LogP contribution in [-0.2, 0) is 9.53 Å². The van der Waals surface area contributed by atoms with Crippen LogP contribution in [0.25, 0.3) is 0 Å². The van der Waals surface area contributed by atoms with Crippen LogP contribution in [0.3, 0.4) is 0 Å². The van der Waals surface area contributed by atoms with Gasteiger partial charge < -0.3 is 10.1 Å². The molecule has 0 bridgehead atoms. The molecule has 1 rings (SSSR count).